The van der Waals surface area contributed by atoms with E-state index in [2.05, 4.69) is 29.6 Å². The third kappa shape index (κ3) is 3.70. The van der Waals surface area contributed by atoms with Crippen LogP contribution >= 0.6 is 23.1 Å². The van der Waals surface area contributed by atoms with Gasteiger partial charge in [-0.25, -0.2) is 0 Å². The van der Waals surface area contributed by atoms with Gasteiger partial charge in [0.05, 0.1) is 13.2 Å². The van der Waals surface area contributed by atoms with Crippen molar-refractivity contribution in [2.75, 3.05) is 12.4 Å². The highest BCUT2D eigenvalue weighted by molar-refractivity contribution is 7.10. The largest absolute Gasteiger partial charge is 0.496 e. The highest BCUT2D eigenvalue weighted by Gasteiger charge is 2.21. The number of methoxy groups -OCH3 is 1. The maximum atomic E-state index is 9.22. The first kappa shape index (κ1) is 16.6. The van der Waals surface area contributed by atoms with Crippen LogP contribution in [0.5, 0.6) is 5.75 Å². The summed E-state index contributed by atoms with van der Waals surface area (Å²) in [6.45, 7) is 4.32. The van der Waals surface area contributed by atoms with Gasteiger partial charge in [-0.1, -0.05) is 43.6 Å². The summed E-state index contributed by atoms with van der Waals surface area (Å²) in [5, 5.41) is 13.6. The predicted octanol–water partition coefficient (Wildman–Crippen LogP) is 4.88. The normalized spacial score (nSPS) is 12.0. The SMILES string of the molecule is COc1ccccc1C(CC(C)C)Nc1snc(Cl)c1C#N. The zero-order valence-corrected chi connectivity index (χ0v) is 14.3. The number of aromatic nitrogens is 1. The number of nitrogens with one attached hydrogen (secondary N) is 1. The Morgan fingerprint density at radius 1 is 1.41 bits per heavy atom. The molecule has 1 aromatic heterocycles. The Labute approximate surface area is 139 Å². The summed E-state index contributed by atoms with van der Waals surface area (Å²) >= 11 is 7.16. The number of hydrogen-bond acceptors (Lipinski definition) is 5. The molecule has 1 atom stereocenters. The molecule has 0 amide bonds. The molecule has 0 saturated carbocycles. The highest BCUT2D eigenvalue weighted by atomic mass is 35.5. The van der Waals surface area contributed by atoms with Crippen molar-refractivity contribution >= 4 is 28.1 Å². The van der Waals surface area contributed by atoms with Crippen LogP contribution < -0.4 is 10.1 Å². The molecular weight excluding hydrogens is 318 g/mol. The van der Waals surface area contributed by atoms with Gasteiger partial charge >= 0.3 is 0 Å². The zero-order valence-electron chi connectivity index (χ0n) is 12.8. The van der Waals surface area contributed by atoms with Crippen LogP contribution in [0.25, 0.3) is 0 Å². The van der Waals surface area contributed by atoms with Crippen molar-refractivity contribution in [3.63, 3.8) is 0 Å². The number of nitrogens with zero attached hydrogens (tertiary/aromatic N) is 2. The Morgan fingerprint density at radius 3 is 2.77 bits per heavy atom. The number of nitriles is 1. The number of benzene rings is 1. The third-order valence-electron chi connectivity index (χ3n) is 3.29. The van der Waals surface area contributed by atoms with E-state index in [9.17, 15) is 5.26 Å². The average Bonchev–Trinajstić information content (AvgIpc) is 2.86. The zero-order chi connectivity index (χ0) is 16.1. The minimum Gasteiger partial charge on any atom is -0.496 e. The number of ether oxygens (including phenoxy) is 1. The average molecular weight is 336 g/mol. The molecular formula is C16H18ClN3OS. The maximum Gasteiger partial charge on any atom is 0.162 e. The summed E-state index contributed by atoms with van der Waals surface area (Å²) in [5.74, 6) is 1.31. The molecule has 2 rings (SSSR count). The van der Waals surface area contributed by atoms with Gasteiger partial charge in [0, 0.05) is 5.56 Å². The fourth-order valence-corrected chi connectivity index (χ4v) is 3.30. The van der Waals surface area contributed by atoms with E-state index in [1.165, 1.54) is 11.5 Å². The van der Waals surface area contributed by atoms with E-state index in [0.717, 1.165) is 17.7 Å². The molecule has 1 N–H and O–H groups in total. The molecule has 1 aromatic carbocycles. The number of anilines is 1. The van der Waals surface area contributed by atoms with E-state index in [1.807, 2.05) is 24.3 Å². The van der Waals surface area contributed by atoms with Gasteiger partial charge in [-0.2, -0.15) is 9.64 Å². The molecule has 116 valence electrons. The van der Waals surface area contributed by atoms with Gasteiger partial charge in [0.15, 0.2) is 5.15 Å². The highest BCUT2D eigenvalue weighted by Crippen LogP contribution is 2.36. The Balaban J connectivity index is 2.36. The minimum absolute atomic E-state index is 0.0276. The standard InChI is InChI=1S/C16H18ClN3OS/c1-10(2)8-13(11-6-4-5-7-14(11)21-3)19-16-12(9-18)15(17)20-22-16/h4-7,10,13,19H,8H2,1-3H3. The van der Waals surface area contributed by atoms with Gasteiger partial charge in [-0.15, -0.1) is 0 Å². The summed E-state index contributed by atoms with van der Waals surface area (Å²) < 4.78 is 9.51. The fourth-order valence-electron chi connectivity index (χ4n) is 2.31. The smallest absolute Gasteiger partial charge is 0.162 e. The van der Waals surface area contributed by atoms with E-state index in [4.69, 9.17) is 16.3 Å². The van der Waals surface area contributed by atoms with Crippen LogP contribution in [0.3, 0.4) is 0 Å². The number of halogens is 1. The van der Waals surface area contributed by atoms with E-state index in [0.29, 0.717) is 16.5 Å². The van der Waals surface area contributed by atoms with E-state index >= 15 is 0 Å². The van der Waals surface area contributed by atoms with Gasteiger partial charge in [-0.05, 0) is 29.9 Å². The summed E-state index contributed by atoms with van der Waals surface area (Å²) in [6, 6.07) is 10.0. The van der Waals surface area contributed by atoms with Crippen LogP contribution in [0.1, 0.15) is 37.4 Å². The lowest BCUT2D eigenvalue weighted by molar-refractivity contribution is 0.402. The van der Waals surface area contributed by atoms with E-state index < -0.39 is 0 Å². The molecule has 0 spiro atoms. The molecule has 0 aliphatic heterocycles. The lowest BCUT2D eigenvalue weighted by Crippen LogP contribution is -2.14. The Morgan fingerprint density at radius 2 is 2.14 bits per heavy atom. The number of para-hydroxylation sites is 1. The Bertz CT molecular complexity index is 678. The molecule has 0 bridgehead atoms. The predicted molar refractivity (Wildman–Crippen MR) is 90.7 cm³/mol. The quantitative estimate of drug-likeness (QED) is 0.817. The van der Waals surface area contributed by atoms with Gasteiger partial charge in [0.25, 0.3) is 0 Å². The Hall–Kier alpha value is -1.77. The van der Waals surface area contributed by atoms with Crippen molar-refractivity contribution in [3.8, 4) is 11.8 Å². The first-order valence-electron chi connectivity index (χ1n) is 7.01. The second kappa shape index (κ2) is 7.48. The van der Waals surface area contributed by atoms with Crippen LogP contribution in [-0.4, -0.2) is 11.5 Å². The van der Waals surface area contributed by atoms with Crippen LogP contribution in [0.2, 0.25) is 5.15 Å². The van der Waals surface area contributed by atoms with Crippen LogP contribution in [0.15, 0.2) is 24.3 Å². The van der Waals surface area contributed by atoms with Crippen molar-refractivity contribution in [1.29, 1.82) is 5.26 Å². The van der Waals surface area contributed by atoms with Gasteiger partial charge in [0.2, 0.25) is 0 Å². The van der Waals surface area contributed by atoms with Crippen molar-refractivity contribution in [2.24, 2.45) is 5.92 Å². The molecule has 0 fully saturated rings. The van der Waals surface area contributed by atoms with Gasteiger partial charge in [0.1, 0.15) is 22.4 Å². The van der Waals surface area contributed by atoms with Crippen LogP contribution in [0, 0.1) is 17.2 Å². The lowest BCUT2D eigenvalue weighted by Gasteiger charge is -2.23. The molecule has 4 nitrogen and oxygen atoms in total. The Kier molecular flexibility index (Phi) is 5.64. The molecule has 0 saturated heterocycles. The molecule has 1 unspecified atom stereocenters. The van der Waals surface area contributed by atoms with Crippen LogP contribution in [-0.2, 0) is 0 Å². The summed E-state index contributed by atoms with van der Waals surface area (Å²) in [5.41, 5.74) is 1.46. The summed E-state index contributed by atoms with van der Waals surface area (Å²) in [6.07, 6.45) is 0.904. The molecule has 2 aromatic rings. The van der Waals surface area contributed by atoms with Crippen molar-refractivity contribution in [2.45, 2.75) is 26.3 Å². The maximum absolute atomic E-state index is 9.22. The molecule has 22 heavy (non-hydrogen) atoms. The minimum atomic E-state index is 0.0276. The summed E-state index contributed by atoms with van der Waals surface area (Å²) in [7, 11) is 1.66. The second-order valence-corrected chi connectivity index (χ2v) is 6.49. The molecule has 1 heterocycles. The van der Waals surface area contributed by atoms with Gasteiger partial charge in [-0.3, -0.25) is 0 Å². The van der Waals surface area contributed by atoms with Gasteiger partial charge < -0.3 is 10.1 Å². The molecule has 0 radical (unpaired) electrons. The first-order chi connectivity index (χ1) is 10.6. The first-order valence-corrected chi connectivity index (χ1v) is 8.16. The molecule has 0 aliphatic rings. The van der Waals surface area contributed by atoms with Crippen molar-refractivity contribution in [1.82, 2.24) is 4.37 Å². The van der Waals surface area contributed by atoms with E-state index in [-0.39, 0.29) is 11.2 Å². The molecule has 6 heteroatoms. The third-order valence-corrected chi connectivity index (χ3v) is 4.44. The number of rotatable bonds is 6. The van der Waals surface area contributed by atoms with Crippen molar-refractivity contribution < 1.29 is 4.74 Å². The second-order valence-electron chi connectivity index (χ2n) is 5.36. The topological polar surface area (TPSA) is 57.9 Å². The molecule has 0 aliphatic carbocycles. The lowest BCUT2D eigenvalue weighted by atomic mass is 9.96. The number of hydrogen-bond donors (Lipinski definition) is 1. The monoisotopic (exact) mass is 335 g/mol. The van der Waals surface area contributed by atoms with Crippen molar-refractivity contribution in [3.05, 3.63) is 40.5 Å². The van der Waals surface area contributed by atoms with Crippen LogP contribution in [0.4, 0.5) is 5.00 Å². The summed E-state index contributed by atoms with van der Waals surface area (Å²) in [4.78, 5) is 0. The fraction of sp³-hybridized carbons (Fsp3) is 0.375. The van der Waals surface area contributed by atoms with E-state index in [1.54, 1.807) is 7.11 Å².